The van der Waals surface area contributed by atoms with Gasteiger partial charge in [0.2, 0.25) is 4.45 Å². The number of hydrogen-bond acceptors (Lipinski definition) is 3. The Morgan fingerprint density at radius 3 is 2.10 bits per heavy atom. The van der Waals surface area contributed by atoms with E-state index in [0.717, 1.165) is 0 Å². The molecule has 0 radical (unpaired) electrons. The second-order valence-corrected chi connectivity index (χ2v) is 5.53. The number of carbonyl (C=O) groups is 1. The van der Waals surface area contributed by atoms with Crippen molar-refractivity contribution in [1.29, 1.82) is 0 Å². The molecule has 3 heteroatoms. The Kier molecular flexibility index (Phi) is 1.96. The van der Waals surface area contributed by atoms with E-state index >= 15 is 0 Å². The van der Waals surface area contributed by atoms with Gasteiger partial charge in [0, 0.05) is 10.5 Å². The molecule has 1 saturated carbocycles. The van der Waals surface area contributed by atoms with Gasteiger partial charge in [-0.1, -0.05) is 36.4 Å². The van der Waals surface area contributed by atoms with Gasteiger partial charge in [0.1, 0.15) is 0 Å². The molecule has 0 aromatic rings. The lowest BCUT2D eigenvalue weighted by molar-refractivity contribution is 0.277. The van der Waals surface area contributed by atoms with Crippen LogP contribution in [0.5, 0.6) is 0 Å². The highest BCUT2D eigenvalue weighted by molar-refractivity contribution is 8.41. The molecule has 1 nitrogen and oxygen atoms in total. The molecule has 1 heterocycles. The van der Waals surface area contributed by atoms with Gasteiger partial charge in [0.15, 0.2) is 0 Å². The fraction of sp³-hybridized carbons (Fsp3) is 0.857. The van der Waals surface area contributed by atoms with E-state index in [0.29, 0.717) is 14.9 Å². The van der Waals surface area contributed by atoms with Crippen LogP contribution in [-0.2, 0) is 0 Å². The Bertz CT molecular complexity index is 142. The molecule has 0 aromatic carbocycles. The summed E-state index contributed by atoms with van der Waals surface area (Å²) in [5, 5.41) is 1.34. The standard InChI is InChI=1S/C7H10OS2/c8-7-9-5-3-1-2-4-6(5)10-7/h5-6H,1-4H2/t5-,6-/m0/s1. The molecule has 0 bridgehead atoms. The average Bonchev–Trinajstić information content (AvgIpc) is 2.27. The SMILES string of the molecule is O=C1S[C@H]2CCCC[C@@H]2S1. The molecular formula is C7H10OS2. The van der Waals surface area contributed by atoms with E-state index in [2.05, 4.69) is 0 Å². The first-order chi connectivity index (χ1) is 4.86. The molecule has 2 aliphatic rings. The third kappa shape index (κ3) is 1.21. The summed E-state index contributed by atoms with van der Waals surface area (Å²) in [7, 11) is 0. The van der Waals surface area contributed by atoms with Crippen molar-refractivity contribution in [3.8, 4) is 0 Å². The number of hydrogen-bond donors (Lipinski definition) is 0. The first-order valence-electron chi connectivity index (χ1n) is 3.73. The molecule has 0 amide bonds. The van der Waals surface area contributed by atoms with E-state index < -0.39 is 0 Å². The van der Waals surface area contributed by atoms with Gasteiger partial charge in [0.25, 0.3) is 0 Å². The van der Waals surface area contributed by atoms with Gasteiger partial charge in [-0.05, 0) is 12.8 Å². The molecule has 0 spiro atoms. The van der Waals surface area contributed by atoms with Crippen LogP contribution in [0.3, 0.4) is 0 Å². The molecule has 1 aliphatic carbocycles. The zero-order chi connectivity index (χ0) is 6.97. The van der Waals surface area contributed by atoms with Crippen LogP contribution in [0, 0.1) is 0 Å². The minimum Gasteiger partial charge on any atom is -0.274 e. The fourth-order valence-corrected chi connectivity index (χ4v) is 4.54. The average molecular weight is 174 g/mol. The van der Waals surface area contributed by atoms with Crippen LogP contribution >= 0.6 is 23.5 Å². The molecule has 1 aliphatic heterocycles. The lowest BCUT2D eigenvalue weighted by atomic mass is 10.00. The molecule has 0 N–H and O–H groups in total. The first kappa shape index (κ1) is 7.04. The Morgan fingerprint density at radius 1 is 1.10 bits per heavy atom. The molecular weight excluding hydrogens is 164 g/mol. The van der Waals surface area contributed by atoms with Crippen molar-refractivity contribution >= 4 is 28.0 Å². The Balaban J connectivity index is 2.04. The minimum atomic E-state index is 0.358. The van der Waals surface area contributed by atoms with E-state index in [1.165, 1.54) is 25.7 Å². The monoisotopic (exact) mass is 174 g/mol. The van der Waals surface area contributed by atoms with Crippen molar-refractivity contribution in [1.82, 2.24) is 0 Å². The number of thioether (sulfide) groups is 2. The van der Waals surface area contributed by atoms with Crippen LogP contribution in [0.4, 0.5) is 4.79 Å². The lowest BCUT2D eigenvalue weighted by Crippen LogP contribution is -2.19. The van der Waals surface area contributed by atoms with Crippen molar-refractivity contribution in [2.75, 3.05) is 0 Å². The van der Waals surface area contributed by atoms with Gasteiger partial charge < -0.3 is 0 Å². The Morgan fingerprint density at radius 2 is 1.60 bits per heavy atom. The van der Waals surface area contributed by atoms with E-state index in [1.807, 2.05) is 0 Å². The molecule has 2 rings (SSSR count). The van der Waals surface area contributed by atoms with E-state index in [1.54, 1.807) is 23.5 Å². The van der Waals surface area contributed by atoms with Crippen molar-refractivity contribution < 1.29 is 4.79 Å². The van der Waals surface area contributed by atoms with Crippen molar-refractivity contribution in [3.05, 3.63) is 0 Å². The highest BCUT2D eigenvalue weighted by Crippen LogP contribution is 2.46. The fourth-order valence-electron chi connectivity index (χ4n) is 1.61. The second-order valence-electron chi connectivity index (χ2n) is 2.85. The predicted octanol–water partition coefficient (Wildman–Crippen LogP) is 2.90. The third-order valence-electron chi connectivity index (χ3n) is 2.14. The van der Waals surface area contributed by atoms with Crippen LogP contribution in [-0.4, -0.2) is 14.9 Å². The quantitative estimate of drug-likeness (QED) is 0.562. The summed E-state index contributed by atoms with van der Waals surface area (Å²) in [4.78, 5) is 10.9. The maximum atomic E-state index is 10.9. The molecule has 2 atom stereocenters. The third-order valence-corrected chi connectivity index (χ3v) is 5.01. The maximum absolute atomic E-state index is 10.9. The van der Waals surface area contributed by atoms with Gasteiger partial charge in [-0.25, -0.2) is 0 Å². The highest BCUT2D eigenvalue weighted by Gasteiger charge is 2.35. The summed E-state index contributed by atoms with van der Waals surface area (Å²) >= 11 is 3.15. The zero-order valence-corrected chi connectivity index (χ0v) is 7.34. The minimum absolute atomic E-state index is 0.358. The van der Waals surface area contributed by atoms with Crippen LogP contribution in [0.1, 0.15) is 25.7 Å². The first-order valence-corrected chi connectivity index (χ1v) is 5.49. The zero-order valence-electron chi connectivity index (χ0n) is 5.71. The van der Waals surface area contributed by atoms with Crippen molar-refractivity contribution in [2.45, 2.75) is 36.2 Å². The second kappa shape index (κ2) is 2.78. The normalized spacial score (nSPS) is 39.8. The molecule has 1 saturated heterocycles. The van der Waals surface area contributed by atoms with Gasteiger partial charge in [0.05, 0.1) is 0 Å². The smallest absolute Gasteiger partial charge is 0.246 e. The summed E-state index contributed by atoms with van der Waals surface area (Å²) in [5.74, 6) is 0. The van der Waals surface area contributed by atoms with Crippen molar-refractivity contribution in [2.24, 2.45) is 0 Å². The van der Waals surface area contributed by atoms with E-state index in [9.17, 15) is 4.79 Å². The Hall–Kier alpha value is 0.370. The molecule has 56 valence electrons. The maximum Gasteiger partial charge on any atom is 0.246 e. The summed E-state index contributed by atoms with van der Waals surface area (Å²) in [6, 6.07) is 0. The molecule has 0 unspecified atom stereocenters. The summed E-state index contributed by atoms with van der Waals surface area (Å²) in [5.41, 5.74) is 0. The summed E-state index contributed by atoms with van der Waals surface area (Å²) in [6.07, 6.45) is 5.21. The molecule has 10 heavy (non-hydrogen) atoms. The van der Waals surface area contributed by atoms with Gasteiger partial charge >= 0.3 is 0 Å². The van der Waals surface area contributed by atoms with Gasteiger partial charge in [-0.15, -0.1) is 0 Å². The van der Waals surface area contributed by atoms with E-state index in [4.69, 9.17) is 0 Å². The molecule has 2 fully saturated rings. The van der Waals surface area contributed by atoms with Crippen LogP contribution in [0.15, 0.2) is 0 Å². The lowest BCUT2D eigenvalue weighted by Gasteiger charge is -2.21. The highest BCUT2D eigenvalue weighted by atomic mass is 32.2. The van der Waals surface area contributed by atoms with Gasteiger partial charge in [-0.2, -0.15) is 0 Å². The van der Waals surface area contributed by atoms with Crippen molar-refractivity contribution in [3.63, 3.8) is 0 Å². The number of rotatable bonds is 0. The predicted molar refractivity (Wildman–Crippen MR) is 46.6 cm³/mol. The van der Waals surface area contributed by atoms with Gasteiger partial charge in [-0.3, -0.25) is 4.79 Å². The van der Waals surface area contributed by atoms with Crippen LogP contribution < -0.4 is 0 Å². The number of carbonyl (C=O) groups excluding carboxylic acids is 1. The van der Waals surface area contributed by atoms with Crippen LogP contribution in [0.25, 0.3) is 0 Å². The number of fused-ring (bicyclic) bond motifs is 1. The largest absolute Gasteiger partial charge is 0.274 e. The topological polar surface area (TPSA) is 17.1 Å². The summed E-state index contributed by atoms with van der Waals surface area (Å²) < 4.78 is 0.358. The van der Waals surface area contributed by atoms with Crippen LogP contribution in [0.2, 0.25) is 0 Å². The Labute approximate surface area is 69.3 Å². The summed E-state index contributed by atoms with van der Waals surface area (Å²) in [6.45, 7) is 0. The van der Waals surface area contributed by atoms with E-state index in [-0.39, 0.29) is 0 Å². The molecule has 0 aromatic heterocycles.